The van der Waals surface area contributed by atoms with Crippen LogP contribution in [0.1, 0.15) is 156 Å². The summed E-state index contributed by atoms with van der Waals surface area (Å²) in [5, 5.41) is 0. The quantitative estimate of drug-likeness (QED) is 0.0732. The van der Waals surface area contributed by atoms with E-state index in [0.717, 1.165) is 72.6 Å². The van der Waals surface area contributed by atoms with Gasteiger partial charge in [-0.3, -0.25) is 0 Å². The largest absolute Gasteiger partial charge is 0.497 e. The van der Waals surface area contributed by atoms with Gasteiger partial charge in [0.2, 0.25) is 0 Å². The van der Waals surface area contributed by atoms with Gasteiger partial charge in [-0.25, -0.2) is 4.98 Å². The molecule has 7 aromatic rings. The molecule has 0 amide bonds. The second-order valence-electron chi connectivity index (χ2n) is 24.8. The Hall–Kier alpha value is -8.60. The minimum atomic E-state index is -1.87. The van der Waals surface area contributed by atoms with Gasteiger partial charge in [0, 0.05) is 38.9 Å². The number of ether oxygens (including phenoxy) is 1. The number of hydrogen-bond donors (Lipinski definition) is 0. The standard InChI is InChI=1S/C80H81NOSi3/c1-60(2)84(61(3)4,62(5)6)56-52-71-30-21-28-69(58-71)26-19-17-24-66-34-41-73(42-35-66)80(76-47-50-79(82-13)51-48-76,75-45-38-68(39-46-75)40-49-77-32-23-33-78(81-77)54-55-83(14,15)16)74-43-36-67(37-44-74)25-18-20-27-70-29-22-31-72(59-70)53-57-85(63(7)8,64(9)10)65(11)12/h21-23,28-39,41-48,50-51,58-65H,1-16H3. The molecule has 0 aliphatic rings. The van der Waals surface area contributed by atoms with Crippen molar-refractivity contribution in [2.45, 2.75) is 141 Å². The fourth-order valence-electron chi connectivity index (χ4n) is 12.2. The molecule has 0 N–H and O–H groups in total. The van der Waals surface area contributed by atoms with Gasteiger partial charge < -0.3 is 4.74 Å². The Morgan fingerprint density at radius 2 is 0.635 bits per heavy atom. The summed E-state index contributed by atoms with van der Waals surface area (Å²) in [5.41, 5.74) is 25.7. The van der Waals surface area contributed by atoms with Crippen molar-refractivity contribution in [2.75, 3.05) is 7.11 Å². The lowest BCUT2D eigenvalue weighted by Crippen LogP contribution is -2.43. The third kappa shape index (κ3) is 15.8. The van der Waals surface area contributed by atoms with Crippen molar-refractivity contribution in [3.8, 4) is 99.3 Å². The molecule has 0 saturated heterocycles. The molecule has 0 bridgehead atoms. The molecule has 0 radical (unpaired) electrons. The summed E-state index contributed by atoms with van der Waals surface area (Å²) in [6.07, 6.45) is 0. The molecule has 0 spiro atoms. The van der Waals surface area contributed by atoms with Gasteiger partial charge in [0.1, 0.15) is 41.4 Å². The molecule has 7 rings (SSSR count). The molecule has 0 atom stereocenters. The van der Waals surface area contributed by atoms with Gasteiger partial charge in [0.15, 0.2) is 0 Å². The highest BCUT2D eigenvalue weighted by Gasteiger charge is 2.43. The van der Waals surface area contributed by atoms with E-state index in [4.69, 9.17) is 9.72 Å². The summed E-state index contributed by atoms with van der Waals surface area (Å²) in [7, 11) is -3.62. The topological polar surface area (TPSA) is 22.1 Å². The highest BCUT2D eigenvalue weighted by atomic mass is 28.3. The van der Waals surface area contributed by atoms with Gasteiger partial charge in [-0.2, -0.15) is 0 Å². The average Bonchev–Trinajstić information content (AvgIpc) is 1.07. The first-order valence-electron chi connectivity index (χ1n) is 29.9. The third-order valence-electron chi connectivity index (χ3n) is 16.4. The fourth-order valence-corrected chi connectivity index (χ4v) is 23.2. The van der Waals surface area contributed by atoms with E-state index in [1.165, 1.54) is 0 Å². The number of methoxy groups -OCH3 is 1. The smallest absolute Gasteiger partial charge is 0.146 e. The third-order valence-corrected chi connectivity index (χ3v) is 29.8. The van der Waals surface area contributed by atoms with Crippen molar-refractivity contribution in [2.24, 2.45) is 0 Å². The van der Waals surface area contributed by atoms with Crippen molar-refractivity contribution < 1.29 is 4.74 Å². The first kappa shape index (κ1) is 64.0. The van der Waals surface area contributed by atoms with Crippen molar-refractivity contribution in [1.82, 2.24) is 4.98 Å². The van der Waals surface area contributed by atoms with Crippen LogP contribution in [0.25, 0.3) is 0 Å². The molecule has 1 aromatic heterocycles. The Morgan fingerprint density at radius 1 is 0.329 bits per heavy atom. The van der Waals surface area contributed by atoms with Gasteiger partial charge >= 0.3 is 0 Å². The lowest BCUT2D eigenvalue weighted by atomic mass is 9.65. The highest BCUT2D eigenvalue weighted by Crippen LogP contribution is 2.46. The molecule has 6 aromatic carbocycles. The van der Waals surface area contributed by atoms with Crippen LogP contribution in [0.3, 0.4) is 0 Å². The molecule has 5 heteroatoms. The Balaban J connectivity index is 1.26. The predicted octanol–water partition coefficient (Wildman–Crippen LogP) is 18.0. The maximum Gasteiger partial charge on any atom is 0.146 e. The Bertz CT molecular complexity index is 3800. The number of pyridine rings is 1. The van der Waals surface area contributed by atoms with E-state index in [0.29, 0.717) is 38.9 Å². The Morgan fingerprint density at radius 3 is 0.976 bits per heavy atom. The lowest BCUT2D eigenvalue weighted by molar-refractivity contribution is 0.414. The minimum Gasteiger partial charge on any atom is -0.497 e. The maximum atomic E-state index is 5.71. The molecular weight excluding hydrogens is 1080 g/mol. The zero-order valence-electron chi connectivity index (χ0n) is 52.9. The number of rotatable bonds is 11. The second-order valence-corrected chi connectivity index (χ2v) is 40.7. The lowest BCUT2D eigenvalue weighted by Gasteiger charge is -2.38. The maximum absolute atomic E-state index is 5.71. The monoisotopic (exact) mass is 1160 g/mol. The van der Waals surface area contributed by atoms with Gasteiger partial charge in [0.05, 0.1) is 12.5 Å². The molecule has 0 unspecified atom stereocenters. The summed E-state index contributed by atoms with van der Waals surface area (Å²) >= 11 is 0. The summed E-state index contributed by atoms with van der Waals surface area (Å²) in [6, 6.07) is 56.2. The van der Waals surface area contributed by atoms with Crippen LogP contribution in [0, 0.1) is 93.6 Å². The molecule has 0 saturated carbocycles. The SMILES string of the molecule is COc1ccc(C(c2ccc(C#CC#Cc3cccc(C#C[Si](C(C)C)(C(C)C)C(C)C)c3)cc2)(c2ccc(C#CC#Cc3cccc(C#C[Si](C(C)C)(C(C)C)C(C)C)c3)cc2)c2ccc(C#Cc3cccc(C#C[Si](C)(C)C)n3)cc2)cc1. The fraction of sp³-hybridized carbons (Fsp3) is 0.287. The first-order valence-corrected chi connectivity index (χ1v) is 37.9. The van der Waals surface area contributed by atoms with E-state index in [2.05, 4.69) is 306 Å². The van der Waals surface area contributed by atoms with Crippen molar-refractivity contribution >= 4 is 24.2 Å². The van der Waals surface area contributed by atoms with Crippen LogP contribution >= 0.6 is 0 Å². The number of aromatic nitrogens is 1. The van der Waals surface area contributed by atoms with E-state index < -0.39 is 29.6 Å². The molecule has 0 aliphatic carbocycles. The van der Waals surface area contributed by atoms with Crippen LogP contribution in [0.5, 0.6) is 5.75 Å². The van der Waals surface area contributed by atoms with E-state index in [-0.39, 0.29) is 0 Å². The van der Waals surface area contributed by atoms with Crippen LogP contribution < -0.4 is 4.74 Å². The van der Waals surface area contributed by atoms with Gasteiger partial charge in [0.25, 0.3) is 0 Å². The van der Waals surface area contributed by atoms with Crippen molar-refractivity contribution in [1.29, 1.82) is 0 Å². The summed E-state index contributed by atoms with van der Waals surface area (Å²) in [4.78, 5) is 4.75. The molecule has 0 fully saturated rings. The predicted molar refractivity (Wildman–Crippen MR) is 368 cm³/mol. The molecular formula is C80H81NOSi3. The van der Waals surface area contributed by atoms with Crippen LogP contribution in [-0.2, 0) is 5.41 Å². The van der Waals surface area contributed by atoms with Crippen LogP contribution in [0.4, 0.5) is 0 Å². The van der Waals surface area contributed by atoms with Crippen LogP contribution in [-0.4, -0.2) is 36.3 Å². The molecule has 0 aliphatic heterocycles. The Kier molecular flexibility index (Phi) is 21.7. The van der Waals surface area contributed by atoms with Crippen molar-refractivity contribution in [3.63, 3.8) is 0 Å². The zero-order valence-corrected chi connectivity index (χ0v) is 55.9. The molecule has 424 valence electrons. The number of hydrogen-bond acceptors (Lipinski definition) is 2. The van der Waals surface area contributed by atoms with Gasteiger partial charge in [-0.1, -0.05) is 217 Å². The zero-order chi connectivity index (χ0) is 61.4. The normalized spacial score (nSPS) is 11.2. The van der Waals surface area contributed by atoms with E-state index in [1.807, 2.05) is 54.6 Å². The van der Waals surface area contributed by atoms with Gasteiger partial charge in [-0.05, 0) is 182 Å². The first-order chi connectivity index (χ1) is 40.6. The van der Waals surface area contributed by atoms with E-state index in [1.54, 1.807) is 7.11 Å². The van der Waals surface area contributed by atoms with Crippen molar-refractivity contribution in [3.05, 3.63) is 236 Å². The number of benzene rings is 6. The van der Waals surface area contributed by atoms with E-state index in [9.17, 15) is 0 Å². The Labute approximate surface area is 514 Å². The van der Waals surface area contributed by atoms with Crippen LogP contribution in [0.2, 0.25) is 52.9 Å². The average molecular weight is 1160 g/mol. The molecule has 85 heavy (non-hydrogen) atoms. The summed E-state index contributed by atoms with van der Waals surface area (Å²) < 4.78 is 5.71. The highest BCUT2D eigenvalue weighted by molar-refractivity contribution is 6.91. The second kappa shape index (κ2) is 28.8. The van der Waals surface area contributed by atoms with Gasteiger partial charge in [-0.15, -0.1) is 16.6 Å². The summed E-state index contributed by atoms with van der Waals surface area (Å²) in [6.45, 7) is 34.8. The van der Waals surface area contributed by atoms with Crippen LogP contribution in [0.15, 0.2) is 164 Å². The summed E-state index contributed by atoms with van der Waals surface area (Å²) in [5.74, 6) is 43.6. The molecule has 2 nitrogen and oxygen atoms in total. The molecule has 1 heterocycles. The minimum absolute atomic E-state index is 0.564. The van der Waals surface area contributed by atoms with E-state index >= 15 is 0 Å². The number of nitrogens with zero attached hydrogens (tertiary/aromatic N) is 1.